The van der Waals surface area contributed by atoms with Crippen LogP contribution in [-0.2, 0) is 11.3 Å². The maximum atomic E-state index is 12.4. The third-order valence-electron chi connectivity index (χ3n) is 5.81. The minimum Gasteiger partial charge on any atom is -0.444 e. The summed E-state index contributed by atoms with van der Waals surface area (Å²) in [6.45, 7) is 12.4. The number of rotatable bonds is 6. The van der Waals surface area contributed by atoms with E-state index < -0.39 is 5.60 Å². The number of unbranched alkanes of at least 4 members (excludes halogenated alkanes) is 3. The van der Waals surface area contributed by atoms with E-state index in [-0.39, 0.29) is 6.09 Å². The van der Waals surface area contributed by atoms with E-state index in [0.29, 0.717) is 19.0 Å². The van der Waals surface area contributed by atoms with Crippen LogP contribution in [0, 0.1) is 6.92 Å². The van der Waals surface area contributed by atoms with Crippen molar-refractivity contribution < 1.29 is 9.53 Å². The van der Waals surface area contributed by atoms with Gasteiger partial charge < -0.3 is 14.2 Å². The van der Waals surface area contributed by atoms with Crippen molar-refractivity contribution in [3.63, 3.8) is 0 Å². The molecule has 0 unspecified atom stereocenters. The van der Waals surface area contributed by atoms with E-state index in [0.717, 1.165) is 47.7 Å². The van der Waals surface area contributed by atoms with E-state index in [1.54, 1.807) is 0 Å². The van der Waals surface area contributed by atoms with Gasteiger partial charge in [-0.2, -0.15) is 0 Å². The molecule has 0 N–H and O–H groups in total. The van der Waals surface area contributed by atoms with Crippen LogP contribution in [0.3, 0.4) is 0 Å². The van der Waals surface area contributed by atoms with Crippen LogP contribution in [0.15, 0.2) is 12.1 Å². The lowest BCUT2D eigenvalue weighted by Crippen LogP contribution is -2.41. The molecule has 2 aromatic rings. The number of nitrogens with zero attached hydrogens (tertiary/aromatic N) is 3. The lowest BCUT2D eigenvalue weighted by Gasteiger charge is -2.33. The third kappa shape index (κ3) is 5.48. The summed E-state index contributed by atoms with van der Waals surface area (Å²) in [6, 6.07) is 4.16. The van der Waals surface area contributed by atoms with Crippen LogP contribution < -0.4 is 0 Å². The molecule has 1 saturated heterocycles. The number of aryl methyl sites for hydroxylation is 2. The number of aromatic nitrogens is 2. The summed E-state index contributed by atoms with van der Waals surface area (Å²) in [5.74, 6) is 1.49. The second-order valence-electron chi connectivity index (χ2n) is 9.51. The van der Waals surface area contributed by atoms with Crippen molar-refractivity contribution in [1.29, 1.82) is 0 Å². The maximum Gasteiger partial charge on any atom is 0.410 e. The highest BCUT2D eigenvalue weighted by Crippen LogP contribution is 2.33. The smallest absolute Gasteiger partial charge is 0.410 e. The summed E-state index contributed by atoms with van der Waals surface area (Å²) < 4.78 is 7.95. The first-order valence-electron chi connectivity index (χ1n) is 11.3. The molecule has 5 nitrogen and oxygen atoms in total. The van der Waals surface area contributed by atoms with Crippen LogP contribution in [0.2, 0.25) is 5.02 Å². The van der Waals surface area contributed by atoms with Gasteiger partial charge in [-0.3, -0.25) is 0 Å². The minimum absolute atomic E-state index is 0.212. The molecule has 2 heterocycles. The van der Waals surface area contributed by atoms with Gasteiger partial charge in [0.1, 0.15) is 11.4 Å². The zero-order chi connectivity index (χ0) is 21.9. The molecule has 1 fully saturated rings. The standard InChI is InChI=1S/C24H36ClN3O2/c1-6-7-8-9-12-28-21-15-17(2)19(25)16-20(21)26-22(28)18-10-13-27(14-11-18)23(29)30-24(3,4)5/h15-16,18H,6-14H2,1-5H3. The fourth-order valence-corrected chi connectivity index (χ4v) is 4.32. The van der Waals surface area contributed by atoms with Crippen molar-refractivity contribution in [2.24, 2.45) is 0 Å². The van der Waals surface area contributed by atoms with Crippen LogP contribution >= 0.6 is 11.6 Å². The van der Waals surface area contributed by atoms with Crippen LogP contribution in [0.1, 0.15) is 83.5 Å². The Bertz CT molecular complexity index is 877. The lowest BCUT2D eigenvalue weighted by molar-refractivity contribution is 0.0202. The Kier molecular flexibility index (Phi) is 7.33. The number of ether oxygens (including phenoxy) is 1. The van der Waals surface area contributed by atoms with E-state index in [1.165, 1.54) is 24.8 Å². The molecule has 0 aliphatic carbocycles. The molecule has 0 bridgehead atoms. The second-order valence-corrected chi connectivity index (χ2v) is 9.92. The van der Waals surface area contributed by atoms with Crippen LogP contribution in [0.4, 0.5) is 4.79 Å². The number of hydrogen-bond donors (Lipinski definition) is 0. The molecule has 1 aromatic heterocycles. The number of halogens is 1. The highest BCUT2D eigenvalue weighted by atomic mass is 35.5. The molecule has 3 rings (SSSR count). The van der Waals surface area contributed by atoms with Crippen LogP contribution in [-0.4, -0.2) is 39.2 Å². The van der Waals surface area contributed by atoms with Crippen molar-refractivity contribution in [2.45, 2.75) is 91.2 Å². The van der Waals surface area contributed by atoms with Gasteiger partial charge in [0.15, 0.2) is 0 Å². The summed E-state index contributed by atoms with van der Waals surface area (Å²) >= 11 is 6.38. The molecule has 0 atom stereocenters. The molecule has 0 radical (unpaired) electrons. The summed E-state index contributed by atoms with van der Waals surface area (Å²) in [5, 5.41) is 0.768. The SMILES string of the molecule is CCCCCCn1c(C2CCN(C(=O)OC(C)(C)C)CC2)nc2cc(Cl)c(C)cc21. The first kappa shape index (κ1) is 22.9. The summed E-state index contributed by atoms with van der Waals surface area (Å²) in [4.78, 5) is 19.3. The molecule has 1 aromatic carbocycles. The summed E-state index contributed by atoms with van der Waals surface area (Å²) in [6.07, 6.45) is 6.49. The molecule has 1 amide bonds. The zero-order valence-electron chi connectivity index (χ0n) is 19.1. The largest absolute Gasteiger partial charge is 0.444 e. The van der Waals surface area contributed by atoms with Crippen molar-refractivity contribution in [2.75, 3.05) is 13.1 Å². The monoisotopic (exact) mass is 433 g/mol. The van der Waals surface area contributed by atoms with Crippen LogP contribution in [0.25, 0.3) is 11.0 Å². The Morgan fingerprint density at radius 1 is 1.20 bits per heavy atom. The minimum atomic E-state index is -0.461. The predicted molar refractivity (Wildman–Crippen MR) is 123 cm³/mol. The predicted octanol–water partition coefficient (Wildman–Crippen LogP) is 6.69. The van der Waals surface area contributed by atoms with Gasteiger partial charge in [-0.1, -0.05) is 37.8 Å². The number of carbonyl (C=O) groups is 1. The highest BCUT2D eigenvalue weighted by Gasteiger charge is 2.30. The van der Waals surface area contributed by atoms with Gasteiger partial charge in [0.25, 0.3) is 0 Å². The molecule has 1 aliphatic heterocycles. The number of benzene rings is 1. The zero-order valence-corrected chi connectivity index (χ0v) is 19.9. The molecule has 30 heavy (non-hydrogen) atoms. The average Bonchev–Trinajstić information content (AvgIpc) is 3.02. The average molecular weight is 434 g/mol. The maximum absolute atomic E-state index is 12.4. The summed E-state index contributed by atoms with van der Waals surface area (Å²) in [5.41, 5.74) is 2.78. The number of carbonyl (C=O) groups excluding carboxylic acids is 1. The van der Waals surface area contributed by atoms with E-state index in [9.17, 15) is 4.79 Å². The van der Waals surface area contributed by atoms with Crippen molar-refractivity contribution in [3.8, 4) is 0 Å². The quantitative estimate of drug-likeness (QED) is 0.476. The molecule has 1 aliphatic rings. The van der Waals surface area contributed by atoms with Gasteiger partial charge in [-0.05, 0) is 64.7 Å². The summed E-state index contributed by atoms with van der Waals surface area (Å²) in [7, 11) is 0. The van der Waals surface area contributed by atoms with Crippen molar-refractivity contribution >= 4 is 28.7 Å². The van der Waals surface area contributed by atoms with Gasteiger partial charge in [0.2, 0.25) is 0 Å². The van der Waals surface area contributed by atoms with E-state index in [4.69, 9.17) is 21.3 Å². The normalized spacial score (nSPS) is 15.7. The van der Waals surface area contributed by atoms with Gasteiger partial charge in [-0.25, -0.2) is 9.78 Å². The van der Waals surface area contributed by atoms with E-state index in [2.05, 4.69) is 24.5 Å². The first-order chi connectivity index (χ1) is 14.2. The molecule has 0 saturated carbocycles. The van der Waals surface area contributed by atoms with Gasteiger partial charge in [0.05, 0.1) is 11.0 Å². The van der Waals surface area contributed by atoms with E-state index >= 15 is 0 Å². The van der Waals surface area contributed by atoms with Gasteiger partial charge in [-0.15, -0.1) is 0 Å². The molecule has 0 spiro atoms. The highest BCUT2D eigenvalue weighted by molar-refractivity contribution is 6.32. The Morgan fingerprint density at radius 2 is 1.90 bits per heavy atom. The number of imidazole rings is 1. The molecule has 166 valence electrons. The third-order valence-corrected chi connectivity index (χ3v) is 6.21. The van der Waals surface area contributed by atoms with Crippen molar-refractivity contribution in [3.05, 3.63) is 28.5 Å². The van der Waals surface area contributed by atoms with E-state index in [1.807, 2.05) is 31.7 Å². The molecule has 6 heteroatoms. The Balaban J connectivity index is 1.78. The number of piperidine rings is 1. The van der Waals surface area contributed by atoms with Crippen LogP contribution in [0.5, 0.6) is 0 Å². The van der Waals surface area contributed by atoms with Crippen molar-refractivity contribution in [1.82, 2.24) is 14.5 Å². The topological polar surface area (TPSA) is 47.4 Å². The number of fused-ring (bicyclic) bond motifs is 1. The Labute approximate surface area is 185 Å². The fourth-order valence-electron chi connectivity index (χ4n) is 4.16. The Hall–Kier alpha value is -1.75. The number of likely N-dealkylation sites (tertiary alicyclic amines) is 1. The molecular formula is C24H36ClN3O2. The lowest BCUT2D eigenvalue weighted by atomic mass is 9.96. The fraction of sp³-hybridized carbons (Fsp3) is 0.667. The van der Waals surface area contributed by atoms with Gasteiger partial charge in [0, 0.05) is 30.6 Å². The molecular weight excluding hydrogens is 398 g/mol. The number of hydrogen-bond acceptors (Lipinski definition) is 3. The first-order valence-corrected chi connectivity index (χ1v) is 11.7. The Morgan fingerprint density at radius 3 is 2.53 bits per heavy atom. The number of amides is 1. The van der Waals surface area contributed by atoms with Gasteiger partial charge >= 0.3 is 6.09 Å². The second kappa shape index (κ2) is 9.59.